The van der Waals surface area contributed by atoms with E-state index < -0.39 is 82.1 Å². The molecule has 0 spiro atoms. The molecule has 0 bridgehead atoms. The minimum atomic E-state index is -0.737. The molecule has 352 valence electrons. The number of aromatic nitrogens is 3. The van der Waals surface area contributed by atoms with E-state index in [0.717, 1.165) is 11.1 Å². The van der Waals surface area contributed by atoms with E-state index in [1.165, 1.54) is 6.20 Å². The molecule has 69 heavy (non-hydrogen) atoms. The number of para-hydroxylation sites is 1. The van der Waals surface area contributed by atoms with E-state index in [1.54, 1.807) is 22.8 Å². The first-order chi connectivity index (χ1) is 37.1. The fourth-order valence-electron chi connectivity index (χ4n) is 8.51. The molecule has 2 heterocycles. The van der Waals surface area contributed by atoms with Crippen LogP contribution in [0.2, 0.25) is 0 Å². The number of imidazole rings is 1. The zero-order valence-electron chi connectivity index (χ0n) is 53.3. The maximum absolute atomic E-state index is 12.9. The third-order valence-electron chi connectivity index (χ3n) is 12.4. The predicted molar refractivity (Wildman–Crippen MR) is 287 cm³/mol. The van der Waals surface area contributed by atoms with E-state index >= 15 is 0 Å². The number of pyridine rings is 1. The number of aromatic hydroxyl groups is 1. The van der Waals surface area contributed by atoms with Gasteiger partial charge in [-0.05, 0) is 85.3 Å². The molecule has 0 saturated carbocycles. The largest absolute Gasteiger partial charge is 0.507 e. The molecule has 0 unspecified atom stereocenters. The summed E-state index contributed by atoms with van der Waals surface area (Å²) in [7, 11) is 0. The monoisotopic (exact) mass is 1100 g/mol. The Kier molecular flexibility index (Phi) is 9.59. The van der Waals surface area contributed by atoms with Crippen LogP contribution in [-0.4, -0.2) is 19.6 Å². The third-order valence-corrected chi connectivity index (χ3v) is 12.4. The summed E-state index contributed by atoms with van der Waals surface area (Å²) in [5, 5.41) is 12.9. The van der Waals surface area contributed by atoms with Crippen molar-refractivity contribution in [1.82, 2.24) is 14.5 Å². The molecule has 0 aliphatic heterocycles. The van der Waals surface area contributed by atoms with Crippen molar-refractivity contribution in [3.8, 4) is 78.6 Å². The van der Waals surface area contributed by atoms with Crippen LogP contribution in [0.5, 0.6) is 5.75 Å². The minimum absolute atomic E-state index is 0. The van der Waals surface area contributed by atoms with Crippen molar-refractivity contribution in [3.05, 3.63) is 192 Å². The van der Waals surface area contributed by atoms with Crippen molar-refractivity contribution < 1.29 is 42.6 Å². The van der Waals surface area contributed by atoms with E-state index in [0.29, 0.717) is 55.7 Å². The molecule has 7 aromatic carbocycles. The fraction of sp³-hybridized carbons (Fsp3) is 0.250. The number of phenols is 1. The molecular formula is C64H64N3OPt-. The number of hydrogen-bond donors (Lipinski definition) is 1. The molecule has 2 aromatic heterocycles. The van der Waals surface area contributed by atoms with Crippen molar-refractivity contribution >= 4 is 11.0 Å². The molecule has 0 radical (unpaired) electrons. The van der Waals surface area contributed by atoms with Gasteiger partial charge < -0.3 is 5.11 Å². The summed E-state index contributed by atoms with van der Waals surface area (Å²) in [5.41, 5.74) is 4.34. The Hall–Kier alpha value is -6.35. The minimum Gasteiger partial charge on any atom is -0.507 e. The molecule has 9 rings (SSSR count). The van der Waals surface area contributed by atoms with Gasteiger partial charge in [-0.15, -0.1) is 29.3 Å². The zero-order valence-corrected chi connectivity index (χ0v) is 43.5. The van der Waals surface area contributed by atoms with E-state index in [-0.39, 0.29) is 78.2 Å². The zero-order chi connectivity index (χ0) is 58.8. The fourth-order valence-corrected chi connectivity index (χ4v) is 8.51. The smallest absolute Gasteiger partial charge is 0.148 e. The van der Waals surface area contributed by atoms with Crippen molar-refractivity contribution in [2.45, 2.75) is 105 Å². The Morgan fingerprint density at radius 3 is 1.62 bits per heavy atom. The number of hydrogen-bond acceptors (Lipinski definition) is 3. The van der Waals surface area contributed by atoms with Gasteiger partial charge >= 0.3 is 0 Å². The number of nitrogens with zero attached hydrogens (tertiary/aromatic N) is 3. The molecule has 9 aromatic rings. The Bertz CT molecular complexity index is 3880. The van der Waals surface area contributed by atoms with Gasteiger partial charge in [0.1, 0.15) is 11.6 Å². The van der Waals surface area contributed by atoms with E-state index in [1.807, 2.05) is 108 Å². The molecule has 1 N–H and O–H groups in total. The summed E-state index contributed by atoms with van der Waals surface area (Å²) < 4.78 is 112. The van der Waals surface area contributed by atoms with Crippen molar-refractivity contribution in [3.63, 3.8) is 0 Å². The summed E-state index contributed by atoms with van der Waals surface area (Å²) >= 11 is 0. The van der Waals surface area contributed by atoms with Crippen molar-refractivity contribution in [2.75, 3.05) is 0 Å². The Balaban J connectivity index is 0.00000860. The molecule has 0 aliphatic rings. The molecule has 4 nitrogen and oxygen atoms in total. The maximum atomic E-state index is 12.9. The standard InChI is InChI=1S/C64H64N3O.Pt/c1-61(2,3)47-34-45(33-46(35-47)55-36-44(31-32-65-55)41-23-16-13-17-24-41)50-29-22-30-56-57(50)66-60(53-39-49(63(7,8)9)40-54(59(53)68)64(10,11)12)67(56)58-51(42-25-18-14-19-26-42)37-48(62(4,5)6)38-52(58)43-27-20-15-21-28-43;/h13-32,34-40,68H,1-12H3;/q-1;/i14D,15D,18D,19D,20D,21D,25D,26D,27D,28D,31D,36D;. The summed E-state index contributed by atoms with van der Waals surface area (Å²) in [6, 6.07) is 24.0. The quantitative estimate of drug-likeness (QED) is 0.162. The van der Waals surface area contributed by atoms with E-state index in [2.05, 4.69) is 47.6 Å². The second-order valence-electron chi connectivity index (χ2n) is 21.6. The second-order valence-corrected chi connectivity index (χ2v) is 21.6. The van der Waals surface area contributed by atoms with E-state index in [4.69, 9.17) is 19.6 Å². The van der Waals surface area contributed by atoms with Gasteiger partial charge in [0.25, 0.3) is 0 Å². The number of rotatable bonds is 7. The number of benzene rings is 7. The van der Waals surface area contributed by atoms with Crippen LogP contribution in [0.15, 0.2) is 164 Å². The van der Waals surface area contributed by atoms with Crippen molar-refractivity contribution in [1.29, 1.82) is 0 Å². The normalized spacial score (nSPS) is 14.7. The van der Waals surface area contributed by atoms with Crippen LogP contribution >= 0.6 is 0 Å². The van der Waals surface area contributed by atoms with Gasteiger partial charge in [-0.2, -0.15) is 0 Å². The SMILES string of the molecule is [2H]c1cnc(-c2[c-]c(-c3cccc4c3nc(-c3cc(C(C)(C)C)cc(C(C)(C)C)c3O)n4-c3c(-c4c([2H])c([2H])c([2H])c([2H])c4[2H])cc(C(C)(C)C)cc3-c3c([2H])c([2H])c([2H])c([2H])c3[2H])cc(C(C)(C)C)c2)c([2H])c1-c1ccccc1.[Pt]. The van der Waals surface area contributed by atoms with Crippen LogP contribution in [-0.2, 0) is 42.7 Å². The van der Waals surface area contributed by atoms with Crippen LogP contribution in [0.1, 0.15) is 122 Å². The van der Waals surface area contributed by atoms with Gasteiger partial charge in [0, 0.05) is 49.6 Å². The molecule has 0 saturated heterocycles. The topological polar surface area (TPSA) is 50.9 Å². The van der Waals surface area contributed by atoms with Gasteiger partial charge in [-0.3, -0.25) is 9.55 Å². The molecular weight excluding hydrogens is 1020 g/mol. The number of phenolic OH excluding ortho intramolecular Hbond substituents is 1. The van der Waals surface area contributed by atoms with Crippen LogP contribution in [0.4, 0.5) is 0 Å². The van der Waals surface area contributed by atoms with Gasteiger partial charge in [0.15, 0.2) is 0 Å². The molecule has 5 heteroatoms. The first-order valence-electron chi connectivity index (χ1n) is 29.0. The van der Waals surface area contributed by atoms with Gasteiger partial charge in [0.05, 0.1) is 38.7 Å². The Morgan fingerprint density at radius 1 is 0.522 bits per heavy atom. The Labute approximate surface area is 441 Å². The van der Waals surface area contributed by atoms with Gasteiger partial charge in [-0.25, -0.2) is 4.98 Å². The second kappa shape index (κ2) is 18.5. The Morgan fingerprint density at radius 2 is 1.06 bits per heavy atom. The molecule has 0 atom stereocenters. The summed E-state index contributed by atoms with van der Waals surface area (Å²) in [5.74, 6) is 0.0291. The number of fused-ring (bicyclic) bond motifs is 1. The summed E-state index contributed by atoms with van der Waals surface area (Å²) in [6.07, 6.45) is 1.44. The average molecular weight is 1100 g/mol. The maximum Gasteiger partial charge on any atom is 0.148 e. The summed E-state index contributed by atoms with van der Waals surface area (Å²) in [4.78, 5) is 10.2. The van der Waals surface area contributed by atoms with E-state index in [9.17, 15) is 12.0 Å². The average Bonchev–Trinajstić information content (AvgIpc) is 3.84. The molecule has 0 fully saturated rings. The van der Waals surface area contributed by atoms with Gasteiger partial charge in [-0.1, -0.05) is 209 Å². The third kappa shape index (κ3) is 9.79. The molecule has 0 aliphatic carbocycles. The van der Waals surface area contributed by atoms with Gasteiger partial charge in [0.2, 0.25) is 0 Å². The van der Waals surface area contributed by atoms with Crippen LogP contribution < -0.4 is 0 Å². The predicted octanol–water partition coefficient (Wildman–Crippen LogP) is 17.1. The first-order valence-corrected chi connectivity index (χ1v) is 23.0. The molecule has 0 amide bonds. The first kappa shape index (κ1) is 35.7. The van der Waals surface area contributed by atoms with Crippen LogP contribution in [0.3, 0.4) is 0 Å². The van der Waals surface area contributed by atoms with Crippen molar-refractivity contribution in [2.24, 2.45) is 0 Å². The van der Waals surface area contributed by atoms with Crippen LogP contribution in [0, 0.1) is 6.07 Å². The summed E-state index contributed by atoms with van der Waals surface area (Å²) in [6.45, 7) is 24.1. The van der Waals surface area contributed by atoms with Crippen LogP contribution in [0.25, 0.3) is 83.9 Å².